The number of amides is 2. The van der Waals surface area contributed by atoms with Crippen molar-refractivity contribution < 1.29 is 19.5 Å². The van der Waals surface area contributed by atoms with Gasteiger partial charge in [0.25, 0.3) is 5.91 Å². The molecule has 3 rings (SSSR count). The fourth-order valence-corrected chi connectivity index (χ4v) is 4.61. The number of nitrogens with one attached hydrogen (secondary N) is 3. The van der Waals surface area contributed by atoms with Crippen molar-refractivity contribution in [3.8, 4) is 11.1 Å². The lowest BCUT2D eigenvalue weighted by atomic mass is 9.98. The van der Waals surface area contributed by atoms with Crippen molar-refractivity contribution >= 4 is 47.0 Å². The van der Waals surface area contributed by atoms with Gasteiger partial charge in [-0.05, 0) is 47.8 Å². The maximum absolute atomic E-state index is 13.0. The van der Waals surface area contributed by atoms with E-state index in [0.29, 0.717) is 34.7 Å². The molecule has 0 radical (unpaired) electrons. The van der Waals surface area contributed by atoms with E-state index in [1.807, 2.05) is 36.6 Å². The van der Waals surface area contributed by atoms with E-state index in [2.05, 4.69) is 16.0 Å². The largest absolute Gasteiger partial charge is 0.480 e. The summed E-state index contributed by atoms with van der Waals surface area (Å²) in [5, 5.41) is 18.1. The van der Waals surface area contributed by atoms with E-state index in [0.717, 1.165) is 11.4 Å². The topological polar surface area (TPSA) is 108 Å². The molecule has 9 heteroatoms. The molecule has 31 heavy (non-hydrogen) atoms. The molecule has 1 saturated heterocycles. The first-order valence-corrected chi connectivity index (χ1v) is 12.4. The van der Waals surface area contributed by atoms with E-state index in [1.54, 1.807) is 30.0 Å². The number of benzene rings is 2. The fourth-order valence-electron chi connectivity index (χ4n) is 3.20. The van der Waals surface area contributed by atoms with Gasteiger partial charge in [-0.25, -0.2) is 4.79 Å². The van der Waals surface area contributed by atoms with Crippen LogP contribution in [0.3, 0.4) is 0 Å². The first-order valence-electron chi connectivity index (χ1n) is 9.83. The van der Waals surface area contributed by atoms with Gasteiger partial charge in [-0.15, -0.1) is 11.8 Å². The Bertz CT molecular complexity index is 934. The molecule has 0 bridgehead atoms. The number of hydrogen-bond acceptors (Lipinski definition) is 6. The van der Waals surface area contributed by atoms with Crippen molar-refractivity contribution in [2.45, 2.75) is 18.5 Å². The third-order valence-corrected chi connectivity index (χ3v) is 6.45. The molecule has 2 unspecified atom stereocenters. The molecule has 2 amide bonds. The van der Waals surface area contributed by atoms with Crippen molar-refractivity contribution in [2.75, 3.05) is 29.0 Å². The highest BCUT2D eigenvalue weighted by molar-refractivity contribution is 7.99. The van der Waals surface area contributed by atoms with Crippen LogP contribution in [-0.2, 0) is 9.59 Å². The molecule has 4 N–H and O–H groups in total. The molecule has 7 nitrogen and oxygen atoms in total. The highest BCUT2D eigenvalue weighted by atomic mass is 32.2. The fraction of sp³-hybridized carbons (Fsp3) is 0.318. The van der Waals surface area contributed by atoms with E-state index >= 15 is 0 Å². The number of anilines is 1. The summed E-state index contributed by atoms with van der Waals surface area (Å²) >= 11 is 3.19. The zero-order valence-electron chi connectivity index (χ0n) is 17.1. The van der Waals surface area contributed by atoms with Crippen LogP contribution in [0.2, 0.25) is 0 Å². The van der Waals surface area contributed by atoms with Gasteiger partial charge in [0.2, 0.25) is 5.91 Å². The lowest BCUT2D eigenvalue weighted by Gasteiger charge is -2.17. The molecule has 2 atom stereocenters. The summed E-state index contributed by atoms with van der Waals surface area (Å²) in [5.41, 5.74) is 2.36. The summed E-state index contributed by atoms with van der Waals surface area (Å²) in [6, 6.07) is 13.2. The van der Waals surface area contributed by atoms with Crippen molar-refractivity contribution in [1.82, 2.24) is 10.6 Å². The standard InChI is InChI=1S/C22H25N3O4S2/c1-30-10-9-18(22(28)29)25-20(26)16-8-7-15(24-21(27)19-12-31-13-23-19)11-17(16)14-5-3-2-4-6-14/h2-8,11,18-19,23H,9-10,12-13H2,1H3,(H,24,27)(H,25,26)(H,28,29). The van der Waals surface area contributed by atoms with Crippen molar-refractivity contribution in [3.63, 3.8) is 0 Å². The van der Waals surface area contributed by atoms with Crippen LogP contribution in [0.1, 0.15) is 16.8 Å². The van der Waals surface area contributed by atoms with Crippen LogP contribution in [0.25, 0.3) is 11.1 Å². The molecule has 2 aromatic carbocycles. The third kappa shape index (κ3) is 6.25. The molecule has 0 saturated carbocycles. The Labute approximate surface area is 189 Å². The molecule has 1 aliphatic heterocycles. The molecule has 0 spiro atoms. The van der Waals surface area contributed by atoms with Crippen LogP contribution >= 0.6 is 23.5 Å². The molecule has 1 fully saturated rings. The Morgan fingerprint density at radius 2 is 2.00 bits per heavy atom. The highest BCUT2D eigenvalue weighted by Gasteiger charge is 2.24. The normalized spacial score (nSPS) is 16.5. The predicted octanol–water partition coefficient (Wildman–Crippen LogP) is 2.89. The van der Waals surface area contributed by atoms with Crippen molar-refractivity contribution in [1.29, 1.82) is 0 Å². The SMILES string of the molecule is CSCCC(NC(=O)c1ccc(NC(=O)C2CSCN2)cc1-c1ccccc1)C(=O)O. The smallest absolute Gasteiger partial charge is 0.326 e. The number of thioether (sulfide) groups is 2. The van der Waals surface area contributed by atoms with Crippen LogP contribution in [0.15, 0.2) is 48.5 Å². The first kappa shape index (κ1) is 23.2. The zero-order valence-corrected chi connectivity index (χ0v) is 18.7. The Hall–Kier alpha value is -2.49. The van der Waals surface area contributed by atoms with Crippen LogP contribution in [0, 0.1) is 0 Å². The molecule has 0 aromatic heterocycles. The second-order valence-electron chi connectivity index (χ2n) is 7.03. The summed E-state index contributed by atoms with van der Waals surface area (Å²) in [6.45, 7) is 0. The van der Waals surface area contributed by atoms with E-state index < -0.39 is 17.9 Å². The summed E-state index contributed by atoms with van der Waals surface area (Å²) in [4.78, 5) is 37.0. The molecule has 2 aromatic rings. The summed E-state index contributed by atoms with van der Waals surface area (Å²) in [6.07, 6.45) is 2.23. The van der Waals surface area contributed by atoms with Gasteiger partial charge >= 0.3 is 5.97 Å². The van der Waals surface area contributed by atoms with Crippen LogP contribution in [0.4, 0.5) is 5.69 Å². The molecular formula is C22H25N3O4S2. The second-order valence-corrected chi connectivity index (χ2v) is 9.05. The average Bonchev–Trinajstić information content (AvgIpc) is 3.32. The summed E-state index contributed by atoms with van der Waals surface area (Å²) in [7, 11) is 0. The number of rotatable bonds is 9. The summed E-state index contributed by atoms with van der Waals surface area (Å²) < 4.78 is 0. The van der Waals surface area contributed by atoms with Crippen LogP contribution < -0.4 is 16.0 Å². The van der Waals surface area contributed by atoms with E-state index in [9.17, 15) is 19.5 Å². The average molecular weight is 460 g/mol. The van der Waals surface area contributed by atoms with E-state index in [1.165, 1.54) is 11.8 Å². The number of hydrogen-bond donors (Lipinski definition) is 4. The Morgan fingerprint density at radius 1 is 1.23 bits per heavy atom. The van der Waals surface area contributed by atoms with Gasteiger partial charge in [-0.1, -0.05) is 30.3 Å². The van der Waals surface area contributed by atoms with Crippen molar-refractivity contribution in [2.24, 2.45) is 0 Å². The third-order valence-electron chi connectivity index (χ3n) is 4.86. The Morgan fingerprint density at radius 3 is 2.65 bits per heavy atom. The number of carboxylic acid groups (broad SMARTS) is 1. The van der Waals surface area contributed by atoms with Crippen LogP contribution in [-0.4, -0.2) is 58.6 Å². The van der Waals surface area contributed by atoms with Gasteiger partial charge in [-0.2, -0.15) is 11.8 Å². The molecular weight excluding hydrogens is 434 g/mol. The monoisotopic (exact) mass is 459 g/mol. The quantitative estimate of drug-likeness (QED) is 0.457. The zero-order chi connectivity index (χ0) is 22.2. The number of aliphatic carboxylic acids is 1. The maximum atomic E-state index is 13.0. The van der Waals surface area contributed by atoms with Gasteiger partial charge in [0.15, 0.2) is 0 Å². The van der Waals surface area contributed by atoms with Gasteiger partial charge in [0.05, 0.1) is 6.04 Å². The molecule has 1 aliphatic rings. The lowest BCUT2D eigenvalue weighted by Crippen LogP contribution is -2.41. The molecule has 1 heterocycles. The second kappa shape index (κ2) is 11.2. The minimum atomic E-state index is -1.06. The van der Waals surface area contributed by atoms with Gasteiger partial charge in [0, 0.05) is 22.9 Å². The molecule has 0 aliphatic carbocycles. The van der Waals surface area contributed by atoms with Gasteiger partial charge in [0.1, 0.15) is 6.04 Å². The Kier molecular flexibility index (Phi) is 8.39. The van der Waals surface area contributed by atoms with Crippen LogP contribution in [0.5, 0.6) is 0 Å². The van der Waals surface area contributed by atoms with Gasteiger partial charge < -0.3 is 15.7 Å². The minimum absolute atomic E-state index is 0.121. The summed E-state index contributed by atoms with van der Waals surface area (Å²) in [5.74, 6) is 0.442. The van der Waals surface area contributed by atoms with E-state index in [-0.39, 0.29) is 11.9 Å². The number of carbonyl (C=O) groups is 3. The number of carbonyl (C=O) groups excluding carboxylic acids is 2. The van der Waals surface area contributed by atoms with Gasteiger partial charge in [-0.3, -0.25) is 14.9 Å². The Balaban J connectivity index is 1.87. The molecule has 164 valence electrons. The van der Waals surface area contributed by atoms with Crippen molar-refractivity contribution in [3.05, 3.63) is 54.1 Å². The predicted molar refractivity (Wildman–Crippen MR) is 127 cm³/mol. The first-order chi connectivity index (χ1) is 15.0. The maximum Gasteiger partial charge on any atom is 0.326 e. The number of carboxylic acids is 1. The minimum Gasteiger partial charge on any atom is -0.480 e. The van der Waals surface area contributed by atoms with E-state index in [4.69, 9.17) is 0 Å². The highest BCUT2D eigenvalue weighted by Crippen LogP contribution is 2.28. The lowest BCUT2D eigenvalue weighted by molar-refractivity contribution is -0.139.